The van der Waals surface area contributed by atoms with Crippen molar-refractivity contribution >= 4 is 31.9 Å². The molecule has 0 saturated heterocycles. The molecule has 96 valence electrons. The van der Waals surface area contributed by atoms with E-state index in [1.165, 1.54) is 0 Å². The number of rotatable bonds is 3. The summed E-state index contributed by atoms with van der Waals surface area (Å²) >= 11 is 6.72. The van der Waals surface area contributed by atoms with Crippen LogP contribution in [0.2, 0.25) is 0 Å². The van der Waals surface area contributed by atoms with Gasteiger partial charge in [-0.25, -0.2) is 0 Å². The lowest BCUT2D eigenvalue weighted by molar-refractivity contribution is -0.137. The first-order chi connectivity index (χ1) is 7.77. The zero-order chi connectivity index (χ0) is 13.2. The van der Waals surface area contributed by atoms with Crippen LogP contribution in [-0.4, -0.2) is 4.83 Å². The molecule has 0 aromatic heterocycles. The van der Waals surface area contributed by atoms with E-state index in [1.54, 1.807) is 6.07 Å². The maximum absolute atomic E-state index is 12.5. The van der Waals surface area contributed by atoms with E-state index >= 15 is 0 Å². The van der Waals surface area contributed by atoms with Crippen molar-refractivity contribution in [2.45, 2.75) is 37.2 Å². The molecule has 1 aromatic carbocycles. The molecule has 1 aromatic rings. The molecule has 2 atom stereocenters. The maximum atomic E-state index is 12.5. The Balaban J connectivity index is 3.13. The number of halogens is 5. The molecule has 0 aliphatic carbocycles. The first-order valence-electron chi connectivity index (χ1n) is 5.28. The molecule has 0 fully saturated rings. The van der Waals surface area contributed by atoms with Gasteiger partial charge in [-0.2, -0.15) is 13.2 Å². The average molecular weight is 374 g/mol. The molecule has 17 heavy (non-hydrogen) atoms. The monoisotopic (exact) mass is 372 g/mol. The van der Waals surface area contributed by atoms with Crippen LogP contribution in [0.4, 0.5) is 13.2 Å². The Morgan fingerprint density at radius 2 is 1.88 bits per heavy atom. The molecule has 0 aliphatic rings. The first-order valence-corrected chi connectivity index (χ1v) is 6.99. The Hall–Kier alpha value is -0.0300. The standard InChI is InChI=1S/C12H13Br2F3/c1-3-9(7(2)13)10-5-4-8(6-11(10)14)12(15,16)17/h4-7,9H,3H2,1-2H3. The molecule has 0 aliphatic heterocycles. The van der Waals surface area contributed by atoms with Gasteiger partial charge >= 0.3 is 6.18 Å². The lowest BCUT2D eigenvalue weighted by atomic mass is 9.93. The molecule has 0 spiro atoms. The Bertz CT molecular complexity index is 386. The summed E-state index contributed by atoms with van der Waals surface area (Å²) in [4.78, 5) is 0.223. The van der Waals surface area contributed by atoms with Crippen LogP contribution in [0.3, 0.4) is 0 Å². The summed E-state index contributed by atoms with van der Waals surface area (Å²) in [5, 5.41) is 0. The molecule has 1 rings (SSSR count). The minimum Gasteiger partial charge on any atom is -0.166 e. The van der Waals surface area contributed by atoms with Gasteiger partial charge in [0.25, 0.3) is 0 Å². The Morgan fingerprint density at radius 1 is 1.29 bits per heavy atom. The second-order valence-corrected chi connectivity index (χ2v) is 6.23. The minimum atomic E-state index is -4.29. The topological polar surface area (TPSA) is 0 Å². The molecule has 0 N–H and O–H groups in total. The summed E-state index contributed by atoms with van der Waals surface area (Å²) in [6.07, 6.45) is -3.42. The quantitative estimate of drug-likeness (QED) is 0.592. The molecule has 0 saturated carbocycles. The average Bonchev–Trinajstić information content (AvgIpc) is 2.19. The fourth-order valence-corrected chi connectivity index (χ4v) is 3.13. The zero-order valence-corrected chi connectivity index (χ0v) is 12.7. The van der Waals surface area contributed by atoms with E-state index in [2.05, 4.69) is 31.9 Å². The smallest absolute Gasteiger partial charge is 0.166 e. The third-order valence-corrected chi connectivity index (χ3v) is 4.05. The molecular weight excluding hydrogens is 361 g/mol. The molecule has 0 heterocycles. The SMILES string of the molecule is CCC(c1ccc(C(F)(F)F)cc1Br)C(C)Br. The predicted molar refractivity (Wildman–Crippen MR) is 70.6 cm³/mol. The van der Waals surface area contributed by atoms with Gasteiger partial charge in [0, 0.05) is 9.30 Å². The predicted octanol–water partition coefficient (Wildman–Crippen LogP) is 5.74. The van der Waals surface area contributed by atoms with Gasteiger partial charge in [0.15, 0.2) is 0 Å². The van der Waals surface area contributed by atoms with Gasteiger partial charge in [-0.05, 0) is 30.0 Å². The lowest BCUT2D eigenvalue weighted by Crippen LogP contribution is -2.10. The fourth-order valence-electron chi connectivity index (χ4n) is 1.80. The van der Waals surface area contributed by atoms with Crippen LogP contribution in [-0.2, 0) is 6.18 Å². The van der Waals surface area contributed by atoms with Crippen molar-refractivity contribution in [3.05, 3.63) is 33.8 Å². The fraction of sp³-hybridized carbons (Fsp3) is 0.500. The van der Waals surface area contributed by atoms with Crippen molar-refractivity contribution in [1.29, 1.82) is 0 Å². The van der Waals surface area contributed by atoms with Gasteiger partial charge in [0.2, 0.25) is 0 Å². The van der Waals surface area contributed by atoms with Crippen molar-refractivity contribution in [2.24, 2.45) is 0 Å². The van der Waals surface area contributed by atoms with E-state index in [-0.39, 0.29) is 10.7 Å². The highest BCUT2D eigenvalue weighted by molar-refractivity contribution is 9.10. The first kappa shape index (κ1) is 15.0. The van der Waals surface area contributed by atoms with Crippen LogP contribution in [0.5, 0.6) is 0 Å². The minimum absolute atomic E-state index is 0.201. The summed E-state index contributed by atoms with van der Waals surface area (Å²) in [7, 11) is 0. The number of benzene rings is 1. The zero-order valence-electron chi connectivity index (χ0n) is 9.48. The lowest BCUT2D eigenvalue weighted by Gasteiger charge is -2.20. The van der Waals surface area contributed by atoms with Crippen molar-refractivity contribution < 1.29 is 13.2 Å². The van der Waals surface area contributed by atoms with Crippen LogP contribution in [0.1, 0.15) is 37.3 Å². The van der Waals surface area contributed by atoms with E-state index in [9.17, 15) is 13.2 Å². The van der Waals surface area contributed by atoms with Crippen molar-refractivity contribution in [2.75, 3.05) is 0 Å². The molecule has 0 nitrogen and oxygen atoms in total. The summed E-state index contributed by atoms with van der Waals surface area (Å²) in [5.41, 5.74) is 0.287. The van der Waals surface area contributed by atoms with Crippen molar-refractivity contribution in [1.82, 2.24) is 0 Å². The summed E-state index contributed by atoms with van der Waals surface area (Å²) < 4.78 is 38.1. The van der Waals surface area contributed by atoms with Crippen LogP contribution in [0.25, 0.3) is 0 Å². The van der Waals surface area contributed by atoms with Gasteiger partial charge in [0.1, 0.15) is 0 Å². The van der Waals surface area contributed by atoms with Crippen LogP contribution < -0.4 is 0 Å². The summed E-state index contributed by atoms with van der Waals surface area (Å²) in [6.45, 7) is 4.02. The van der Waals surface area contributed by atoms with Gasteiger partial charge in [-0.15, -0.1) is 0 Å². The van der Waals surface area contributed by atoms with Crippen LogP contribution in [0, 0.1) is 0 Å². The molecule has 0 radical (unpaired) electrons. The Morgan fingerprint density at radius 3 is 2.24 bits per heavy atom. The Labute approximate surface area is 116 Å². The van der Waals surface area contributed by atoms with Gasteiger partial charge in [-0.3, -0.25) is 0 Å². The second kappa shape index (κ2) is 5.74. The van der Waals surface area contributed by atoms with E-state index in [1.807, 2.05) is 13.8 Å². The summed E-state index contributed by atoms with van der Waals surface area (Å²) in [6, 6.07) is 3.84. The molecule has 2 unspecified atom stereocenters. The normalized spacial score (nSPS) is 15.7. The van der Waals surface area contributed by atoms with E-state index in [0.29, 0.717) is 4.47 Å². The molecule has 5 heteroatoms. The van der Waals surface area contributed by atoms with Gasteiger partial charge < -0.3 is 0 Å². The van der Waals surface area contributed by atoms with Gasteiger partial charge in [0.05, 0.1) is 5.56 Å². The third kappa shape index (κ3) is 3.71. The highest BCUT2D eigenvalue weighted by atomic mass is 79.9. The van der Waals surface area contributed by atoms with Crippen LogP contribution in [0.15, 0.2) is 22.7 Å². The molecular formula is C12H13Br2F3. The van der Waals surface area contributed by atoms with Gasteiger partial charge in [-0.1, -0.05) is 51.8 Å². The molecule has 0 bridgehead atoms. The molecule has 0 amide bonds. The Kier molecular flexibility index (Phi) is 5.07. The highest BCUT2D eigenvalue weighted by Crippen LogP contribution is 2.37. The highest BCUT2D eigenvalue weighted by Gasteiger charge is 2.31. The second-order valence-electron chi connectivity index (χ2n) is 3.93. The van der Waals surface area contributed by atoms with Crippen LogP contribution >= 0.6 is 31.9 Å². The van der Waals surface area contributed by atoms with E-state index < -0.39 is 11.7 Å². The number of hydrogen-bond donors (Lipinski definition) is 0. The maximum Gasteiger partial charge on any atom is 0.416 e. The van der Waals surface area contributed by atoms with Crippen molar-refractivity contribution in [3.63, 3.8) is 0 Å². The third-order valence-electron chi connectivity index (χ3n) is 2.72. The van der Waals surface area contributed by atoms with Crippen molar-refractivity contribution in [3.8, 4) is 0 Å². The number of hydrogen-bond acceptors (Lipinski definition) is 0. The largest absolute Gasteiger partial charge is 0.416 e. The van der Waals surface area contributed by atoms with E-state index in [0.717, 1.165) is 24.1 Å². The summed E-state index contributed by atoms with van der Waals surface area (Å²) in [5.74, 6) is 0.201. The van der Waals surface area contributed by atoms with E-state index in [4.69, 9.17) is 0 Å². The number of alkyl halides is 4.